The molecule has 2 unspecified atom stereocenters. The van der Waals surface area contributed by atoms with Crippen LogP contribution in [0.2, 0.25) is 0 Å². The molecule has 0 fully saturated rings. The predicted molar refractivity (Wildman–Crippen MR) is 148 cm³/mol. The molecule has 0 heterocycles. The molecule has 0 aliphatic carbocycles. The van der Waals surface area contributed by atoms with Gasteiger partial charge in [-0.25, -0.2) is 0 Å². The third-order valence-electron chi connectivity index (χ3n) is 7.48. The van der Waals surface area contributed by atoms with Gasteiger partial charge in [-0.05, 0) is 96.6 Å². The van der Waals surface area contributed by atoms with Gasteiger partial charge >= 0.3 is 0 Å². The average molecular weight is 437 g/mol. The fourth-order valence-corrected chi connectivity index (χ4v) is 4.88. The van der Waals surface area contributed by atoms with E-state index < -0.39 is 0 Å². The Bertz CT molecular complexity index is 865. The summed E-state index contributed by atoms with van der Waals surface area (Å²) in [6.45, 7) is 31.2. The van der Waals surface area contributed by atoms with Crippen LogP contribution in [0.4, 0.5) is 0 Å². The van der Waals surface area contributed by atoms with Gasteiger partial charge in [-0.3, -0.25) is 0 Å². The van der Waals surface area contributed by atoms with Crippen molar-refractivity contribution in [2.45, 2.75) is 113 Å². The number of benzene rings is 1. The molecule has 0 heteroatoms. The van der Waals surface area contributed by atoms with Crippen LogP contribution in [0.5, 0.6) is 0 Å². The van der Waals surface area contributed by atoms with Crippen LogP contribution in [0, 0.1) is 38.5 Å². The van der Waals surface area contributed by atoms with Gasteiger partial charge in [0.2, 0.25) is 0 Å². The zero-order valence-electron chi connectivity index (χ0n) is 22.8. The first kappa shape index (κ1) is 28.5. The second-order valence-electron chi connectivity index (χ2n) is 11.1. The van der Waals surface area contributed by atoms with Crippen LogP contribution in [-0.4, -0.2) is 0 Å². The summed E-state index contributed by atoms with van der Waals surface area (Å²) in [6.07, 6.45) is 14.4. The Morgan fingerprint density at radius 2 is 1.19 bits per heavy atom. The van der Waals surface area contributed by atoms with Crippen LogP contribution in [0.25, 0.3) is 18.7 Å². The van der Waals surface area contributed by atoms with Crippen LogP contribution in [-0.2, 0) is 0 Å². The standard InChI is InChI=1S/C32H52/c1-22(2)15-12-16-23(3)17-13-18-24(4)19-14-20-25(5)21-26(6)32-30(10)28(8)27(7)29(9)31(32)11/h21-24H,6,8,11-20H2,1-5,7,9-10H3/b25-21+. The SMILES string of the molecule is C=C(/C=C(\C)CCCC(C)CCCC(C)CCCC(C)C)c1c(C)c(=C)c(C)c(C)c1=C. The third kappa shape index (κ3) is 9.13. The van der Waals surface area contributed by atoms with Crippen LogP contribution < -0.4 is 10.4 Å². The van der Waals surface area contributed by atoms with Crippen LogP contribution in [0.15, 0.2) is 18.2 Å². The maximum atomic E-state index is 4.39. The lowest BCUT2D eigenvalue weighted by atomic mass is 9.90. The van der Waals surface area contributed by atoms with Crippen molar-refractivity contribution in [1.29, 1.82) is 0 Å². The first-order valence-electron chi connectivity index (χ1n) is 13.1. The molecule has 0 radical (unpaired) electrons. The average Bonchev–Trinajstić information content (AvgIpc) is 2.70. The van der Waals surface area contributed by atoms with Gasteiger partial charge in [-0.15, -0.1) is 0 Å². The Balaban J connectivity index is 2.46. The maximum absolute atomic E-state index is 4.39. The Morgan fingerprint density at radius 1 is 0.719 bits per heavy atom. The van der Waals surface area contributed by atoms with Crippen molar-refractivity contribution in [3.63, 3.8) is 0 Å². The van der Waals surface area contributed by atoms with E-state index in [9.17, 15) is 0 Å². The molecule has 1 rings (SSSR count). The van der Waals surface area contributed by atoms with Crippen molar-refractivity contribution in [3.8, 4) is 0 Å². The molecule has 0 aliphatic rings. The van der Waals surface area contributed by atoms with Crippen molar-refractivity contribution in [2.24, 2.45) is 17.8 Å². The molecular weight excluding hydrogens is 384 g/mol. The molecule has 0 saturated carbocycles. The lowest BCUT2D eigenvalue weighted by Gasteiger charge is -2.15. The van der Waals surface area contributed by atoms with Gasteiger partial charge in [-0.2, -0.15) is 0 Å². The van der Waals surface area contributed by atoms with Crippen molar-refractivity contribution < 1.29 is 0 Å². The molecule has 0 saturated heterocycles. The van der Waals surface area contributed by atoms with E-state index in [0.29, 0.717) is 0 Å². The predicted octanol–water partition coefficient (Wildman–Crippen LogP) is 8.83. The first-order valence-corrected chi connectivity index (χ1v) is 13.1. The Labute approximate surface area is 200 Å². The zero-order chi connectivity index (χ0) is 24.4. The van der Waals surface area contributed by atoms with Crippen molar-refractivity contribution >= 4 is 18.7 Å². The summed E-state index contributed by atoms with van der Waals surface area (Å²) in [7, 11) is 0. The highest BCUT2D eigenvalue weighted by molar-refractivity contribution is 5.76. The Kier molecular flexibility index (Phi) is 12.3. The molecule has 0 N–H and O–H groups in total. The lowest BCUT2D eigenvalue weighted by Crippen LogP contribution is -2.24. The van der Waals surface area contributed by atoms with E-state index in [0.717, 1.165) is 40.2 Å². The topological polar surface area (TPSA) is 0 Å². The highest BCUT2D eigenvalue weighted by Gasteiger charge is 2.10. The van der Waals surface area contributed by atoms with Gasteiger partial charge in [0.25, 0.3) is 0 Å². The molecule has 0 spiro atoms. The molecular formula is C32H52. The van der Waals surface area contributed by atoms with Gasteiger partial charge in [0.1, 0.15) is 0 Å². The van der Waals surface area contributed by atoms with Gasteiger partial charge in [0, 0.05) is 0 Å². The van der Waals surface area contributed by atoms with Crippen molar-refractivity contribution in [3.05, 3.63) is 50.9 Å². The van der Waals surface area contributed by atoms with E-state index in [1.165, 1.54) is 79.2 Å². The summed E-state index contributed by atoms with van der Waals surface area (Å²) in [5.74, 6) is 2.57. The number of hydrogen-bond donors (Lipinski definition) is 0. The van der Waals surface area contributed by atoms with Gasteiger partial charge in [0.15, 0.2) is 0 Å². The minimum absolute atomic E-state index is 0.830. The monoisotopic (exact) mass is 436 g/mol. The maximum Gasteiger partial charge on any atom is -0.00854 e. The quantitative estimate of drug-likeness (QED) is 0.255. The number of allylic oxidation sites excluding steroid dienone is 3. The van der Waals surface area contributed by atoms with E-state index in [1.54, 1.807) is 0 Å². The van der Waals surface area contributed by atoms with E-state index in [-0.39, 0.29) is 0 Å². The minimum Gasteiger partial charge on any atom is -0.0912 e. The van der Waals surface area contributed by atoms with E-state index in [4.69, 9.17) is 0 Å². The third-order valence-corrected chi connectivity index (χ3v) is 7.48. The summed E-state index contributed by atoms with van der Waals surface area (Å²) in [5, 5.41) is 2.23. The van der Waals surface area contributed by atoms with E-state index >= 15 is 0 Å². The Morgan fingerprint density at radius 3 is 1.72 bits per heavy atom. The normalized spacial score (nSPS) is 14.1. The molecule has 2 atom stereocenters. The molecule has 0 aliphatic heterocycles. The van der Waals surface area contributed by atoms with Gasteiger partial charge in [0.05, 0.1) is 0 Å². The Hall–Kier alpha value is -1.56. The summed E-state index contributed by atoms with van der Waals surface area (Å²) in [5.41, 5.74) is 7.41. The molecule has 0 nitrogen and oxygen atoms in total. The summed E-state index contributed by atoms with van der Waals surface area (Å²) in [6, 6.07) is 0. The van der Waals surface area contributed by atoms with Gasteiger partial charge < -0.3 is 0 Å². The summed E-state index contributed by atoms with van der Waals surface area (Å²) < 4.78 is 0. The fourth-order valence-electron chi connectivity index (χ4n) is 4.88. The molecule has 0 bridgehead atoms. The number of rotatable bonds is 14. The molecule has 32 heavy (non-hydrogen) atoms. The summed E-state index contributed by atoms with van der Waals surface area (Å²) >= 11 is 0. The summed E-state index contributed by atoms with van der Waals surface area (Å²) in [4.78, 5) is 0. The zero-order valence-corrected chi connectivity index (χ0v) is 22.8. The highest BCUT2D eigenvalue weighted by Crippen LogP contribution is 2.23. The molecule has 0 aromatic heterocycles. The largest absolute Gasteiger partial charge is 0.0912 e. The minimum atomic E-state index is 0.830. The van der Waals surface area contributed by atoms with Gasteiger partial charge in [-0.1, -0.05) is 104 Å². The molecule has 1 aromatic rings. The van der Waals surface area contributed by atoms with Crippen molar-refractivity contribution in [1.82, 2.24) is 0 Å². The molecule has 180 valence electrons. The highest BCUT2D eigenvalue weighted by atomic mass is 14.1. The smallest absolute Gasteiger partial charge is 0.00854 e. The van der Waals surface area contributed by atoms with Crippen molar-refractivity contribution in [2.75, 3.05) is 0 Å². The fraction of sp³-hybridized carbons (Fsp3) is 0.625. The molecule has 0 amide bonds. The molecule has 1 aromatic carbocycles. The second kappa shape index (κ2) is 13.9. The van der Waals surface area contributed by atoms with E-state index in [2.05, 4.69) is 81.2 Å². The number of hydrogen-bond acceptors (Lipinski definition) is 0. The van der Waals surface area contributed by atoms with Crippen LogP contribution >= 0.6 is 0 Å². The first-order chi connectivity index (χ1) is 15.0. The second-order valence-corrected chi connectivity index (χ2v) is 11.1. The van der Waals surface area contributed by atoms with Crippen LogP contribution in [0.1, 0.15) is 115 Å². The van der Waals surface area contributed by atoms with Crippen LogP contribution in [0.3, 0.4) is 0 Å². The van der Waals surface area contributed by atoms with E-state index in [1.807, 2.05) is 0 Å². The lowest BCUT2D eigenvalue weighted by molar-refractivity contribution is 0.389.